The fraction of sp³-hybridized carbons (Fsp3) is 0.575. The summed E-state index contributed by atoms with van der Waals surface area (Å²) in [6.07, 6.45) is 10.6. The van der Waals surface area contributed by atoms with Gasteiger partial charge in [-0.1, -0.05) is 69.2 Å². The number of nitrogens with zero attached hydrogens (tertiary/aromatic N) is 2. The second-order valence-electron chi connectivity index (χ2n) is 15.2. The van der Waals surface area contributed by atoms with Crippen molar-refractivity contribution in [1.29, 1.82) is 0 Å². The van der Waals surface area contributed by atoms with Crippen LogP contribution < -0.4 is 15.4 Å². The summed E-state index contributed by atoms with van der Waals surface area (Å²) in [5.41, 5.74) is 0.866. The predicted octanol–water partition coefficient (Wildman–Crippen LogP) is 5.07. The zero-order valence-electron chi connectivity index (χ0n) is 29.2. The van der Waals surface area contributed by atoms with Crippen molar-refractivity contribution in [3.63, 3.8) is 0 Å². The average Bonchev–Trinajstić information content (AvgIpc) is 3.75. The number of hydrogen-bond acceptors (Lipinski definition) is 6. The van der Waals surface area contributed by atoms with E-state index in [-0.39, 0.29) is 23.8 Å². The first-order valence-corrected chi connectivity index (χ1v) is 18.5. The Labute approximate surface area is 290 Å². The summed E-state index contributed by atoms with van der Waals surface area (Å²) in [5, 5.41) is 6.38. The van der Waals surface area contributed by atoms with Gasteiger partial charge in [0.2, 0.25) is 17.7 Å². The maximum atomic E-state index is 14.5. The van der Waals surface area contributed by atoms with Gasteiger partial charge < -0.3 is 29.9 Å². The highest BCUT2D eigenvalue weighted by molar-refractivity contribution is 6.02. The van der Waals surface area contributed by atoms with E-state index in [1.807, 2.05) is 12.2 Å². The van der Waals surface area contributed by atoms with Gasteiger partial charge in [-0.25, -0.2) is 0 Å². The largest absolute Gasteiger partial charge is 0.497 e. The summed E-state index contributed by atoms with van der Waals surface area (Å²) in [6, 6.07) is 17.1. The first-order valence-electron chi connectivity index (χ1n) is 18.5. The number of ether oxygens (including phenoxy) is 2. The van der Waals surface area contributed by atoms with Gasteiger partial charge in [-0.05, 0) is 99.3 Å². The summed E-state index contributed by atoms with van der Waals surface area (Å²) < 4.78 is 11.9. The van der Waals surface area contributed by atoms with E-state index in [0.717, 1.165) is 64.6 Å². The second kappa shape index (κ2) is 14.3. The van der Waals surface area contributed by atoms with Gasteiger partial charge in [-0.2, -0.15) is 0 Å². The van der Waals surface area contributed by atoms with Crippen LogP contribution >= 0.6 is 0 Å². The van der Waals surface area contributed by atoms with Crippen LogP contribution in [0.2, 0.25) is 0 Å². The molecule has 2 aromatic rings. The topological polar surface area (TPSA) is 100 Å². The number of carbonyl (C=O) groups is 3. The third-order valence-electron chi connectivity index (χ3n) is 12.3. The van der Waals surface area contributed by atoms with Crippen molar-refractivity contribution in [2.75, 3.05) is 38.6 Å². The molecule has 3 amide bonds. The third kappa shape index (κ3) is 6.64. The summed E-state index contributed by atoms with van der Waals surface area (Å²) in [6.45, 7) is 7.87. The van der Waals surface area contributed by atoms with Gasteiger partial charge in [0.1, 0.15) is 17.4 Å². The molecule has 4 heterocycles. The second-order valence-corrected chi connectivity index (χ2v) is 15.2. The summed E-state index contributed by atoms with van der Waals surface area (Å²) in [5.74, 6) is 0.179. The van der Waals surface area contributed by atoms with E-state index >= 15 is 0 Å². The predicted molar refractivity (Wildman–Crippen MR) is 189 cm³/mol. The molecule has 2 aromatic carbocycles. The number of piperidine rings is 1. The Kier molecular flexibility index (Phi) is 9.84. The van der Waals surface area contributed by atoms with Crippen molar-refractivity contribution in [3.05, 3.63) is 72.3 Å². The molecule has 1 spiro atoms. The van der Waals surface area contributed by atoms with Gasteiger partial charge in [0.25, 0.3) is 0 Å². The highest BCUT2D eigenvalue weighted by Gasteiger charge is 2.72. The number of anilines is 1. The van der Waals surface area contributed by atoms with Crippen molar-refractivity contribution >= 4 is 23.4 Å². The average molecular weight is 669 g/mol. The number of likely N-dealkylation sites (tertiary alicyclic amines) is 2. The number of benzene rings is 2. The normalized spacial score (nSPS) is 32.7. The highest BCUT2D eigenvalue weighted by atomic mass is 16.5. The molecule has 9 heteroatoms. The summed E-state index contributed by atoms with van der Waals surface area (Å²) in [7, 11) is 1.60. The van der Waals surface area contributed by atoms with Gasteiger partial charge in [-0.3, -0.25) is 14.4 Å². The monoisotopic (exact) mass is 668 g/mol. The van der Waals surface area contributed by atoms with Crippen molar-refractivity contribution in [2.24, 2.45) is 29.6 Å². The highest BCUT2D eigenvalue weighted by Crippen LogP contribution is 2.55. The Hall–Kier alpha value is -3.69. The minimum absolute atomic E-state index is 0.0533. The molecule has 49 heavy (non-hydrogen) atoms. The number of amides is 3. The van der Waals surface area contributed by atoms with E-state index in [1.54, 1.807) is 36.3 Å². The first-order chi connectivity index (χ1) is 23.8. The van der Waals surface area contributed by atoms with Crippen LogP contribution in [0.15, 0.2) is 66.7 Å². The van der Waals surface area contributed by atoms with Crippen LogP contribution in [0.25, 0.3) is 0 Å². The number of carbonyl (C=O) groups excluding carboxylic acids is 3. The molecule has 0 aromatic heterocycles. The van der Waals surface area contributed by atoms with Crippen LogP contribution in [0, 0.1) is 29.6 Å². The van der Waals surface area contributed by atoms with E-state index in [1.165, 1.54) is 5.56 Å². The Morgan fingerprint density at radius 2 is 1.71 bits per heavy atom. The van der Waals surface area contributed by atoms with Gasteiger partial charge in [0, 0.05) is 18.3 Å². The lowest BCUT2D eigenvalue weighted by Crippen LogP contribution is -2.58. The SMILES string of the molecule is COc1ccc(NC(=O)[C@H]2[C@H]3C=C[C@@]4(O3)[C@H]2C(=O)N(CCCN2CCC(Cc3ccccc3)CC2)[C@@H]4C(=O)N[C@@H]2CCC[C@H](C)[C@H]2C)cc1. The Morgan fingerprint density at radius 1 is 0.959 bits per heavy atom. The number of fused-ring (bicyclic) bond motifs is 1. The van der Waals surface area contributed by atoms with Gasteiger partial charge >= 0.3 is 0 Å². The molecule has 9 nitrogen and oxygen atoms in total. The lowest BCUT2D eigenvalue weighted by molar-refractivity contribution is -0.141. The molecule has 0 radical (unpaired) electrons. The Balaban J connectivity index is 1.05. The molecule has 1 aliphatic carbocycles. The van der Waals surface area contributed by atoms with E-state index in [0.29, 0.717) is 35.7 Å². The molecule has 2 bridgehead atoms. The number of rotatable bonds is 11. The molecular formula is C40H52N4O5. The molecule has 2 N–H and O–H groups in total. The standard InChI is InChI=1S/C40H52N4O5/c1-26-9-7-12-32(27(26)2)42-38(46)36-40-20-17-33(49-40)34(37(45)41-30-13-15-31(48-3)16-14-30)35(40)39(47)44(36)22-8-21-43-23-18-29(19-24-43)25-28-10-5-4-6-11-28/h4-6,10-11,13-17,20,26-27,29,32-36H,7-9,12,18-19,21-25H2,1-3H3,(H,41,45)(H,42,46)/t26-,27+,32+,33+,34-,35+,36+,40+/m0/s1. The summed E-state index contributed by atoms with van der Waals surface area (Å²) >= 11 is 0. The Bertz CT molecular complexity index is 1520. The lowest BCUT2D eigenvalue weighted by atomic mass is 9.73. The van der Waals surface area contributed by atoms with Crippen LogP contribution in [-0.4, -0.2) is 84.6 Å². The minimum atomic E-state index is -1.16. The van der Waals surface area contributed by atoms with E-state index < -0.39 is 29.6 Å². The zero-order valence-corrected chi connectivity index (χ0v) is 29.2. The smallest absolute Gasteiger partial charge is 0.246 e. The van der Waals surface area contributed by atoms with Gasteiger partial charge in [-0.15, -0.1) is 0 Å². The van der Waals surface area contributed by atoms with Crippen LogP contribution in [0.5, 0.6) is 5.75 Å². The fourth-order valence-corrected chi connectivity index (χ4v) is 9.28. The summed E-state index contributed by atoms with van der Waals surface area (Å²) in [4.78, 5) is 46.9. The molecule has 5 aliphatic rings. The van der Waals surface area contributed by atoms with Crippen LogP contribution in [0.3, 0.4) is 0 Å². The molecular weight excluding hydrogens is 616 g/mol. The maximum absolute atomic E-state index is 14.5. The number of nitrogens with one attached hydrogen (secondary N) is 2. The maximum Gasteiger partial charge on any atom is 0.246 e. The van der Waals surface area contributed by atoms with Crippen LogP contribution in [0.4, 0.5) is 5.69 Å². The zero-order chi connectivity index (χ0) is 34.1. The van der Waals surface area contributed by atoms with E-state index in [9.17, 15) is 14.4 Å². The molecule has 3 saturated heterocycles. The van der Waals surface area contributed by atoms with Gasteiger partial charge in [0.15, 0.2) is 0 Å². The lowest BCUT2D eigenvalue weighted by Gasteiger charge is -2.38. The van der Waals surface area contributed by atoms with Crippen LogP contribution in [-0.2, 0) is 25.5 Å². The van der Waals surface area contributed by atoms with Crippen molar-refractivity contribution in [3.8, 4) is 5.75 Å². The quantitative estimate of drug-likeness (QED) is 0.325. The molecule has 7 rings (SSSR count). The van der Waals surface area contributed by atoms with Crippen LogP contribution in [0.1, 0.15) is 57.9 Å². The molecule has 1 saturated carbocycles. The molecule has 0 unspecified atom stereocenters. The first kappa shape index (κ1) is 33.8. The van der Waals surface area contributed by atoms with Crippen molar-refractivity contribution < 1.29 is 23.9 Å². The molecule has 8 atom stereocenters. The fourth-order valence-electron chi connectivity index (χ4n) is 9.28. The molecule has 4 aliphatic heterocycles. The van der Waals surface area contributed by atoms with Crippen molar-refractivity contribution in [1.82, 2.24) is 15.1 Å². The third-order valence-corrected chi connectivity index (χ3v) is 12.3. The molecule has 4 fully saturated rings. The minimum Gasteiger partial charge on any atom is -0.497 e. The Morgan fingerprint density at radius 3 is 2.45 bits per heavy atom. The van der Waals surface area contributed by atoms with Crippen molar-refractivity contribution in [2.45, 2.75) is 82.6 Å². The van der Waals surface area contributed by atoms with Gasteiger partial charge in [0.05, 0.1) is 25.0 Å². The molecule has 262 valence electrons. The number of hydrogen-bond donors (Lipinski definition) is 2. The van der Waals surface area contributed by atoms with E-state index in [2.05, 4.69) is 59.7 Å². The number of methoxy groups -OCH3 is 1. The van der Waals surface area contributed by atoms with E-state index in [4.69, 9.17) is 9.47 Å².